The molecule has 1 aliphatic heterocycles. The van der Waals surface area contributed by atoms with Crippen molar-refractivity contribution in [3.63, 3.8) is 0 Å². The fourth-order valence-electron chi connectivity index (χ4n) is 1.31. The van der Waals surface area contributed by atoms with Crippen LogP contribution in [0.5, 0.6) is 0 Å². The summed E-state index contributed by atoms with van der Waals surface area (Å²) < 4.78 is 0. The molecule has 0 saturated carbocycles. The lowest BCUT2D eigenvalue weighted by Gasteiger charge is -2.32. The quantitative estimate of drug-likeness (QED) is 0.647. The molecular formula is C10H21N3. The van der Waals surface area contributed by atoms with Gasteiger partial charge in [-0.05, 0) is 13.5 Å². The third kappa shape index (κ3) is 3.89. The molecule has 3 nitrogen and oxygen atoms in total. The molecule has 0 radical (unpaired) electrons. The van der Waals surface area contributed by atoms with Gasteiger partial charge in [-0.25, -0.2) is 5.01 Å². The highest BCUT2D eigenvalue weighted by Crippen LogP contribution is 1.98. The van der Waals surface area contributed by atoms with Crippen molar-refractivity contribution < 1.29 is 0 Å². The monoisotopic (exact) mass is 183 g/mol. The van der Waals surface area contributed by atoms with Crippen molar-refractivity contribution in [1.82, 2.24) is 15.3 Å². The van der Waals surface area contributed by atoms with Gasteiger partial charge < -0.3 is 4.90 Å². The highest BCUT2D eigenvalue weighted by molar-refractivity contribution is 4.94. The number of nitrogens with one attached hydrogen (secondary N) is 1. The Morgan fingerprint density at radius 3 is 2.46 bits per heavy atom. The number of hydrazine groups is 1. The van der Waals surface area contributed by atoms with Crippen molar-refractivity contribution in [1.29, 1.82) is 0 Å². The third-order valence-corrected chi connectivity index (χ3v) is 2.56. The minimum atomic E-state index is 0.931. The summed E-state index contributed by atoms with van der Waals surface area (Å²) in [5.41, 5.74) is 4.68. The first-order valence-corrected chi connectivity index (χ1v) is 5.06. The molecule has 0 bridgehead atoms. The average molecular weight is 183 g/mol. The molecule has 1 N–H and O–H groups in total. The average Bonchev–Trinajstić information content (AvgIpc) is 2.16. The zero-order valence-corrected chi connectivity index (χ0v) is 8.84. The van der Waals surface area contributed by atoms with Gasteiger partial charge in [0.05, 0.1) is 0 Å². The second-order valence-electron chi connectivity index (χ2n) is 3.73. The maximum Gasteiger partial charge on any atom is 0.0310 e. The van der Waals surface area contributed by atoms with Gasteiger partial charge in [0.15, 0.2) is 0 Å². The summed E-state index contributed by atoms with van der Waals surface area (Å²) in [6, 6.07) is 0. The van der Waals surface area contributed by atoms with E-state index in [9.17, 15) is 0 Å². The number of likely N-dealkylation sites (N-methyl/N-ethyl adjacent to an activating group) is 1. The van der Waals surface area contributed by atoms with Gasteiger partial charge in [-0.1, -0.05) is 19.1 Å². The lowest BCUT2D eigenvalue weighted by atomic mass is 10.2. The zero-order chi connectivity index (χ0) is 9.68. The molecular weight excluding hydrogens is 162 g/mol. The Balaban J connectivity index is 2.12. The zero-order valence-electron chi connectivity index (χ0n) is 8.84. The molecule has 1 aliphatic rings. The first kappa shape index (κ1) is 10.7. The van der Waals surface area contributed by atoms with E-state index in [0.29, 0.717) is 0 Å². The van der Waals surface area contributed by atoms with E-state index in [2.05, 4.69) is 35.9 Å². The van der Waals surface area contributed by atoms with Gasteiger partial charge >= 0.3 is 0 Å². The number of hydrogen-bond acceptors (Lipinski definition) is 3. The first-order valence-electron chi connectivity index (χ1n) is 5.06. The molecule has 0 aromatic rings. The molecule has 13 heavy (non-hydrogen) atoms. The highest BCUT2D eigenvalue weighted by atomic mass is 15.5. The largest absolute Gasteiger partial charge is 0.304 e. The molecule has 0 unspecified atom stereocenters. The van der Waals surface area contributed by atoms with Crippen molar-refractivity contribution in [2.45, 2.75) is 13.3 Å². The standard InChI is InChI=1S/C10H21N3/c1-4-10(2)9-11-13-7-5-12(3)6-8-13/h11H,2,4-9H2,1,3H3. The molecule has 3 heteroatoms. The van der Waals surface area contributed by atoms with E-state index < -0.39 is 0 Å². The van der Waals surface area contributed by atoms with E-state index in [0.717, 1.165) is 39.1 Å². The lowest BCUT2D eigenvalue weighted by molar-refractivity contribution is 0.108. The fraction of sp³-hybridized carbons (Fsp3) is 0.800. The smallest absolute Gasteiger partial charge is 0.0310 e. The molecule has 1 saturated heterocycles. The lowest BCUT2D eigenvalue weighted by Crippen LogP contribution is -2.51. The van der Waals surface area contributed by atoms with Gasteiger partial charge in [0.1, 0.15) is 0 Å². The van der Waals surface area contributed by atoms with Crippen LogP contribution in [-0.4, -0.2) is 49.7 Å². The van der Waals surface area contributed by atoms with Crippen molar-refractivity contribution in [3.05, 3.63) is 12.2 Å². The van der Waals surface area contributed by atoms with Gasteiger partial charge in [0.25, 0.3) is 0 Å². The van der Waals surface area contributed by atoms with Gasteiger partial charge in [-0.3, -0.25) is 5.43 Å². The molecule has 0 aromatic heterocycles. The Morgan fingerprint density at radius 2 is 1.92 bits per heavy atom. The normalized spacial score (nSPS) is 20.5. The van der Waals surface area contributed by atoms with Crippen molar-refractivity contribution >= 4 is 0 Å². The predicted molar refractivity (Wildman–Crippen MR) is 56.5 cm³/mol. The fourth-order valence-corrected chi connectivity index (χ4v) is 1.31. The Labute approximate surface area is 81.4 Å². The summed E-state index contributed by atoms with van der Waals surface area (Å²) in [5, 5.41) is 2.29. The van der Waals surface area contributed by atoms with Gasteiger partial charge in [-0.15, -0.1) is 0 Å². The number of nitrogens with zero attached hydrogens (tertiary/aromatic N) is 2. The predicted octanol–water partition coefficient (Wildman–Crippen LogP) is 0.705. The minimum absolute atomic E-state index is 0.931. The van der Waals surface area contributed by atoms with Crippen molar-refractivity contribution in [2.75, 3.05) is 39.8 Å². The summed E-state index contributed by atoms with van der Waals surface area (Å²) in [4.78, 5) is 2.35. The molecule has 1 rings (SSSR count). The Kier molecular flexibility index (Phi) is 4.42. The Bertz CT molecular complexity index is 160. The molecule has 1 fully saturated rings. The van der Waals surface area contributed by atoms with E-state index in [1.165, 1.54) is 5.57 Å². The minimum Gasteiger partial charge on any atom is -0.304 e. The molecule has 0 spiro atoms. The van der Waals surface area contributed by atoms with Crippen LogP contribution in [0.15, 0.2) is 12.2 Å². The van der Waals surface area contributed by atoms with E-state index >= 15 is 0 Å². The molecule has 0 amide bonds. The molecule has 0 aromatic carbocycles. The second kappa shape index (κ2) is 5.37. The van der Waals surface area contributed by atoms with E-state index in [4.69, 9.17) is 0 Å². The Hall–Kier alpha value is -0.380. The maximum absolute atomic E-state index is 3.97. The Morgan fingerprint density at radius 1 is 1.31 bits per heavy atom. The van der Waals surface area contributed by atoms with Gasteiger partial charge in [0, 0.05) is 32.7 Å². The van der Waals surface area contributed by atoms with E-state index in [1.807, 2.05) is 0 Å². The summed E-state index contributed by atoms with van der Waals surface area (Å²) in [7, 11) is 2.17. The van der Waals surface area contributed by atoms with Crippen LogP contribution in [0.2, 0.25) is 0 Å². The van der Waals surface area contributed by atoms with Crippen LogP contribution in [-0.2, 0) is 0 Å². The number of rotatable bonds is 4. The SMILES string of the molecule is C=C(CC)CNN1CCN(C)CC1. The third-order valence-electron chi connectivity index (χ3n) is 2.56. The van der Waals surface area contributed by atoms with Crippen LogP contribution < -0.4 is 5.43 Å². The van der Waals surface area contributed by atoms with Crippen LogP contribution in [0.1, 0.15) is 13.3 Å². The molecule has 1 heterocycles. The van der Waals surface area contributed by atoms with Crippen LogP contribution in [0.4, 0.5) is 0 Å². The highest BCUT2D eigenvalue weighted by Gasteiger charge is 2.12. The summed E-state index contributed by atoms with van der Waals surface area (Å²) in [6.45, 7) is 11.6. The molecule has 76 valence electrons. The summed E-state index contributed by atoms with van der Waals surface area (Å²) >= 11 is 0. The van der Waals surface area contributed by atoms with Crippen LogP contribution in [0, 0.1) is 0 Å². The first-order chi connectivity index (χ1) is 6.22. The van der Waals surface area contributed by atoms with Crippen molar-refractivity contribution in [3.8, 4) is 0 Å². The van der Waals surface area contributed by atoms with Crippen LogP contribution in [0.25, 0.3) is 0 Å². The van der Waals surface area contributed by atoms with Crippen molar-refractivity contribution in [2.24, 2.45) is 0 Å². The maximum atomic E-state index is 3.97. The summed E-state index contributed by atoms with van der Waals surface area (Å²) in [6.07, 6.45) is 1.07. The van der Waals surface area contributed by atoms with Crippen LogP contribution >= 0.6 is 0 Å². The van der Waals surface area contributed by atoms with Gasteiger partial charge in [-0.2, -0.15) is 0 Å². The topological polar surface area (TPSA) is 18.5 Å². The van der Waals surface area contributed by atoms with Crippen LogP contribution in [0.3, 0.4) is 0 Å². The second-order valence-corrected chi connectivity index (χ2v) is 3.73. The number of piperazine rings is 1. The van der Waals surface area contributed by atoms with E-state index in [-0.39, 0.29) is 0 Å². The molecule has 0 aliphatic carbocycles. The number of hydrogen-bond donors (Lipinski definition) is 1. The molecule has 0 atom stereocenters. The summed E-state index contributed by atoms with van der Waals surface area (Å²) in [5.74, 6) is 0. The van der Waals surface area contributed by atoms with E-state index in [1.54, 1.807) is 0 Å². The van der Waals surface area contributed by atoms with Gasteiger partial charge in [0.2, 0.25) is 0 Å².